The zero-order chi connectivity index (χ0) is 16.8. The molecule has 0 radical (unpaired) electrons. The fourth-order valence-corrected chi connectivity index (χ4v) is 4.00. The van der Waals surface area contributed by atoms with Crippen LogP contribution in [0.4, 0.5) is 0 Å². The first-order chi connectivity index (χ1) is 11.7. The number of ether oxygens (including phenoxy) is 2. The molecule has 1 N–H and O–H groups in total. The third-order valence-corrected chi connectivity index (χ3v) is 5.62. The average Bonchev–Trinajstić information content (AvgIpc) is 3.01. The van der Waals surface area contributed by atoms with E-state index >= 15 is 0 Å². The maximum Gasteiger partial charge on any atom is 0.230 e. The highest BCUT2D eigenvalue weighted by atomic mass is 32.2. The number of carbonyl (C=O) groups excluding carboxylic acids is 1. The minimum Gasteiger partial charge on any atom is -0.470 e. The smallest absolute Gasteiger partial charge is 0.230 e. The minimum atomic E-state index is -0.232. The second-order valence-corrected chi connectivity index (χ2v) is 7.49. The Balaban J connectivity index is 1.52. The molecule has 0 saturated carbocycles. The maximum absolute atomic E-state index is 12.2. The van der Waals surface area contributed by atoms with Gasteiger partial charge in [0.1, 0.15) is 6.10 Å². The number of thioether (sulfide) groups is 1. The van der Waals surface area contributed by atoms with Crippen molar-refractivity contribution in [2.45, 2.75) is 29.8 Å². The molecule has 6 nitrogen and oxygen atoms in total. The molecule has 1 aliphatic heterocycles. The number of aryl methyl sites for hydroxylation is 1. The summed E-state index contributed by atoms with van der Waals surface area (Å²) in [5.74, 6) is 0.870. The summed E-state index contributed by atoms with van der Waals surface area (Å²) < 4.78 is 12.3. The molecule has 1 fully saturated rings. The number of rotatable bonds is 6. The van der Waals surface area contributed by atoms with Crippen molar-refractivity contribution in [2.75, 3.05) is 19.0 Å². The molecule has 8 heteroatoms. The van der Waals surface area contributed by atoms with Crippen molar-refractivity contribution in [3.8, 4) is 5.88 Å². The second kappa shape index (κ2) is 8.46. The van der Waals surface area contributed by atoms with Gasteiger partial charge in [-0.25, -0.2) is 9.97 Å². The first-order valence-electron chi connectivity index (χ1n) is 7.70. The molecule has 2 atom stereocenters. The molecule has 3 rings (SSSR count). The third kappa shape index (κ3) is 4.93. The first-order valence-corrected chi connectivity index (χ1v) is 9.57. The lowest BCUT2D eigenvalue weighted by atomic mass is 10.1. The lowest BCUT2D eigenvalue weighted by Crippen LogP contribution is -2.51. The van der Waals surface area contributed by atoms with Gasteiger partial charge in [0.15, 0.2) is 4.34 Å². The van der Waals surface area contributed by atoms with Gasteiger partial charge in [0.25, 0.3) is 0 Å². The molecule has 24 heavy (non-hydrogen) atoms. The summed E-state index contributed by atoms with van der Waals surface area (Å²) in [4.78, 5) is 20.7. The number of nitrogens with one attached hydrogen (secondary N) is 1. The second-order valence-electron chi connectivity index (χ2n) is 5.41. The van der Waals surface area contributed by atoms with Crippen LogP contribution in [-0.2, 0) is 9.53 Å². The van der Waals surface area contributed by atoms with Gasteiger partial charge in [0, 0.05) is 29.9 Å². The Morgan fingerprint density at radius 3 is 3.21 bits per heavy atom. The van der Waals surface area contributed by atoms with Crippen molar-refractivity contribution in [1.82, 2.24) is 15.3 Å². The quantitative estimate of drug-likeness (QED) is 0.792. The Hall–Kier alpha value is -1.64. The van der Waals surface area contributed by atoms with Crippen LogP contribution in [0.3, 0.4) is 0 Å². The number of carbonyl (C=O) groups is 1. The lowest BCUT2D eigenvalue weighted by Gasteiger charge is -2.32. The predicted octanol–water partition coefficient (Wildman–Crippen LogP) is 2.29. The van der Waals surface area contributed by atoms with Gasteiger partial charge in [-0.1, -0.05) is 17.8 Å². The third-order valence-electron chi connectivity index (χ3n) is 3.49. The highest BCUT2D eigenvalue weighted by Gasteiger charge is 2.29. The van der Waals surface area contributed by atoms with E-state index in [1.165, 1.54) is 11.8 Å². The van der Waals surface area contributed by atoms with E-state index in [4.69, 9.17) is 9.47 Å². The Morgan fingerprint density at radius 2 is 2.46 bits per heavy atom. The fraction of sp³-hybridized carbons (Fsp3) is 0.438. The monoisotopic (exact) mass is 365 g/mol. The highest BCUT2D eigenvalue weighted by molar-refractivity contribution is 8.01. The largest absolute Gasteiger partial charge is 0.470 e. The van der Waals surface area contributed by atoms with E-state index < -0.39 is 0 Å². The first kappa shape index (κ1) is 17.2. The van der Waals surface area contributed by atoms with Gasteiger partial charge >= 0.3 is 0 Å². The predicted molar refractivity (Wildman–Crippen MR) is 93.6 cm³/mol. The summed E-state index contributed by atoms with van der Waals surface area (Å²) >= 11 is 3.01. The number of thiazole rings is 1. The van der Waals surface area contributed by atoms with Crippen molar-refractivity contribution in [1.29, 1.82) is 0 Å². The van der Waals surface area contributed by atoms with Crippen LogP contribution >= 0.6 is 23.1 Å². The van der Waals surface area contributed by atoms with E-state index in [1.807, 2.05) is 24.4 Å². The topological polar surface area (TPSA) is 73.3 Å². The molecule has 2 aromatic heterocycles. The molecule has 0 bridgehead atoms. The SMILES string of the molecule is Cc1csc(SCC(=O)N[C@@H]2CCOC[C@H]2Oc2ccccn2)n1. The van der Waals surface area contributed by atoms with E-state index in [0.717, 1.165) is 16.5 Å². The molecular weight excluding hydrogens is 346 g/mol. The molecule has 0 spiro atoms. The van der Waals surface area contributed by atoms with Crippen molar-refractivity contribution >= 4 is 29.0 Å². The molecule has 2 aromatic rings. The zero-order valence-corrected chi connectivity index (χ0v) is 14.9. The van der Waals surface area contributed by atoms with Gasteiger partial charge in [-0.15, -0.1) is 11.3 Å². The molecule has 0 aliphatic carbocycles. The van der Waals surface area contributed by atoms with Gasteiger partial charge in [-0.3, -0.25) is 4.79 Å². The van der Waals surface area contributed by atoms with E-state index in [2.05, 4.69) is 15.3 Å². The van der Waals surface area contributed by atoms with Crippen molar-refractivity contribution < 1.29 is 14.3 Å². The van der Waals surface area contributed by atoms with Crippen LogP contribution in [0, 0.1) is 6.92 Å². The molecule has 0 aromatic carbocycles. The Bertz CT molecular complexity index is 666. The van der Waals surface area contributed by atoms with E-state index in [1.54, 1.807) is 23.6 Å². The summed E-state index contributed by atoms with van der Waals surface area (Å²) in [6.45, 7) is 3.01. The summed E-state index contributed by atoms with van der Waals surface area (Å²) in [5, 5.41) is 5.03. The van der Waals surface area contributed by atoms with Gasteiger partial charge in [0.2, 0.25) is 11.8 Å². The average molecular weight is 365 g/mol. The van der Waals surface area contributed by atoms with Gasteiger partial charge in [-0.05, 0) is 19.4 Å². The van der Waals surface area contributed by atoms with Gasteiger partial charge in [-0.2, -0.15) is 0 Å². The molecule has 3 heterocycles. The standard InChI is InChI=1S/C16H19N3O3S2/c1-11-9-23-16(18-11)24-10-14(20)19-12-5-7-21-8-13(12)22-15-4-2-3-6-17-15/h2-4,6,9,12-13H,5,7-8,10H2,1H3,(H,19,20)/t12-,13-/m1/s1. The van der Waals surface area contributed by atoms with Crippen LogP contribution in [-0.4, -0.2) is 47.0 Å². The van der Waals surface area contributed by atoms with E-state index in [0.29, 0.717) is 24.8 Å². The Kier molecular flexibility index (Phi) is 6.06. The fourth-order valence-electron chi connectivity index (χ4n) is 2.34. The van der Waals surface area contributed by atoms with E-state index in [9.17, 15) is 4.79 Å². The molecule has 1 aliphatic rings. The van der Waals surface area contributed by atoms with Crippen LogP contribution in [0.25, 0.3) is 0 Å². The van der Waals surface area contributed by atoms with E-state index in [-0.39, 0.29) is 18.1 Å². The molecule has 1 saturated heterocycles. The molecular formula is C16H19N3O3S2. The summed E-state index contributed by atoms with van der Waals surface area (Å²) in [7, 11) is 0. The number of hydrogen-bond acceptors (Lipinski definition) is 7. The Labute approximate surface area is 149 Å². The molecule has 128 valence electrons. The maximum atomic E-state index is 12.2. The number of nitrogens with zero attached hydrogens (tertiary/aromatic N) is 2. The van der Waals surface area contributed by atoms with Crippen molar-refractivity contribution in [3.05, 3.63) is 35.5 Å². The lowest BCUT2D eigenvalue weighted by molar-refractivity contribution is -0.121. The van der Waals surface area contributed by atoms with Crippen molar-refractivity contribution in [2.24, 2.45) is 0 Å². The summed E-state index contributed by atoms with van der Waals surface area (Å²) in [5.41, 5.74) is 0.983. The minimum absolute atomic E-state index is 0.0191. The van der Waals surface area contributed by atoms with Crippen LogP contribution in [0.1, 0.15) is 12.1 Å². The normalized spacial score (nSPS) is 20.5. The van der Waals surface area contributed by atoms with Crippen LogP contribution in [0.15, 0.2) is 34.1 Å². The summed E-state index contributed by atoms with van der Waals surface area (Å²) in [6, 6.07) is 5.42. The van der Waals surface area contributed by atoms with Crippen LogP contribution < -0.4 is 10.1 Å². The van der Waals surface area contributed by atoms with Gasteiger partial charge in [0.05, 0.1) is 18.4 Å². The van der Waals surface area contributed by atoms with Crippen molar-refractivity contribution in [3.63, 3.8) is 0 Å². The highest BCUT2D eigenvalue weighted by Crippen LogP contribution is 2.22. The number of amides is 1. The van der Waals surface area contributed by atoms with Crippen LogP contribution in [0.5, 0.6) is 5.88 Å². The Morgan fingerprint density at radius 1 is 1.54 bits per heavy atom. The number of pyridine rings is 1. The number of aromatic nitrogens is 2. The van der Waals surface area contributed by atoms with Crippen LogP contribution in [0.2, 0.25) is 0 Å². The molecule has 0 unspecified atom stereocenters. The van der Waals surface area contributed by atoms with Gasteiger partial charge < -0.3 is 14.8 Å². The summed E-state index contributed by atoms with van der Waals surface area (Å²) in [6.07, 6.45) is 2.17. The number of hydrogen-bond donors (Lipinski definition) is 1. The zero-order valence-electron chi connectivity index (χ0n) is 13.3. The molecule has 1 amide bonds.